The second-order valence-corrected chi connectivity index (χ2v) is 5.19. The number of aryl methyl sites for hydroxylation is 1. The van der Waals surface area contributed by atoms with E-state index in [1.807, 2.05) is 37.3 Å². The van der Waals surface area contributed by atoms with Gasteiger partial charge in [0.05, 0.1) is 11.6 Å². The summed E-state index contributed by atoms with van der Waals surface area (Å²) >= 11 is 3.49. The van der Waals surface area contributed by atoms with Crippen LogP contribution in [-0.2, 0) is 6.61 Å². The fourth-order valence-electron chi connectivity index (χ4n) is 1.77. The smallest absolute Gasteiger partial charge is 0.134 e. The first-order valence-electron chi connectivity index (χ1n) is 5.91. The molecule has 0 aliphatic carbocycles. The summed E-state index contributed by atoms with van der Waals surface area (Å²) in [5, 5.41) is 0. The van der Waals surface area contributed by atoms with Crippen molar-refractivity contribution >= 4 is 21.6 Å². The average molecular weight is 322 g/mol. The van der Waals surface area contributed by atoms with E-state index >= 15 is 0 Å². The highest BCUT2D eigenvalue weighted by Crippen LogP contribution is 2.27. The van der Waals surface area contributed by atoms with E-state index in [1.165, 1.54) is 5.56 Å². The summed E-state index contributed by atoms with van der Waals surface area (Å²) in [7, 11) is 1.62. The number of methoxy groups -OCH3 is 1. The Kier molecular flexibility index (Phi) is 4.32. The van der Waals surface area contributed by atoms with Crippen LogP contribution in [0.1, 0.15) is 11.1 Å². The van der Waals surface area contributed by atoms with Crippen LogP contribution in [0.5, 0.6) is 11.5 Å². The van der Waals surface area contributed by atoms with Gasteiger partial charge in [-0.1, -0.05) is 6.07 Å². The molecule has 0 amide bonds. The van der Waals surface area contributed by atoms with Crippen molar-refractivity contribution < 1.29 is 9.47 Å². The number of nitrogens with two attached hydrogens (primary N) is 1. The van der Waals surface area contributed by atoms with Gasteiger partial charge in [-0.25, -0.2) is 0 Å². The summed E-state index contributed by atoms with van der Waals surface area (Å²) < 4.78 is 11.9. The van der Waals surface area contributed by atoms with Crippen molar-refractivity contribution in [2.24, 2.45) is 0 Å². The molecule has 0 aliphatic heterocycles. The molecule has 2 aromatic rings. The van der Waals surface area contributed by atoms with Crippen LogP contribution in [-0.4, -0.2) is 7.11 Å². The molecule has 0 aromatic heterocycles. The van der Waals surface area contributed by atoms with E-state index in [-0.39, 0.29) is 0 Å². The maximum atomic E-state index is 5.81. The number of hydrogen-bond donors (Lipinski definition) is 1. The molecule has 4 heteroatoms. The molecule has 100 valence electrons. The van der Waals surface area contributed by atoms with E-state index in [0.717, 1.165) is 21.5 Å². The maximum Gasteiger partial charge on any atom is 0.134 e. The molecule has 0 heterocycles. The highest BCUT2D eigenvalue weighted by Gasteiger charge is 2.04. The van der Waals surface area contributed by atoms with Crippen LogP contribution < -0.4 is 15.2 Å². The summed E-state index contributed by atoms with van der Waals surface area (Å²) in [5.74, 6) is 1.55. The monoisotopic (exact) mass is 321 g/mol. The lowest BCUT2D eigenvalue weighted by Crippen LogP contribution is -1.98. The maximum absolute atomic E-state index is 5.81. The number of benzene rings is 2. The highest BCUT2D eigenvalue weighted by molar-refractivity contribution is 9.10. The molecular formula is C15H16BrNO2. The van der Waals surface area contributed by atoms with E-state index in [0.29, 0.717) is 12.3 Å². The highest BCUT2D eigenvalue weighted by atomic mass is 79.9. The third kappa shape index (κ3) is 3.64. The van der Waals surface area contributed by atoms with Crippen molar-refractivity contribution in [3.8, 4) is 11.5 Å². The molecule has 19 heavy (non-hydrogen) atoms. The van der Waals surface area contributed by atoms with E-state index in [1.54, 1.807) is 13.2 Å². The molecule has 2 rings (SSSR count). The largest absolute Gasteiger partial charge is 0.497 e. The lowest BCUT2D eigenvalue weighted by molar-refractivity contribution is 0.303. The molecule has 0 saturated carbocycles. The normalized spacial score (nSPS) is 10.3. The van der Waals surface area contributed by atoms with Gasteiger partial charge in [-0.2, -0.15) is 0 Å². The van der Waals surface area contributed by atoms with Gasteiger partial charge < -0.3 is 15.2 Å². The average Bonchev–Trinajstić information content (AvgIpc) is 2.37. The van der Waals surface area contributed by atoms with Crippen molar-refractivity contribution in [2.75, 3.05) is 12.8 Å². The lowest BCUT2D eigenvalue weighted by atomic mass is 10.2. The van der Waals surface area contributed by atoms with Crippen LogP contribution >= 0.6 is 15.9 Å². The Labute approximate surface area is 121 Å². The van der Waals surface area contributed by atoms with Gasteiger partial charge in [0.25, 0.3) is 0 Å². The molecule has 0 fully saturated rings. The van der Waals surface area contributed by atoms with Gasteiger partial charge in [-0.05, 0) is 58.2 Å². The van der Waals surface area contributed by atoms with Crippen molar-refractivity contribution in [3.63, 3.8) is 0 Å². The molecule has 0 bridgehead atoms. The zero-order valence-electron chi connectivity index (χ0n) is 10.9. The molecule has 0 spiro atoms. The first-order valence-corrected chi connectivity index (χ1v) is 6.70. The van der Waals surface area contributed by atoms with Gasteiger partial charge in [0, 0.05) is 11.8 Å². The molecule has 2 N–H and O–H groups in total. The first kappa shape index (κ1) is 13.7. The number of anilines is 1. The van der Waals surface area contributed by atoms with Crippen LogP contribution in [0.25, 0.3) is 0 Å². The molecule has 2 aromatic carbocycles. The van der Waals surface area contributed by atoms with E-state index in [9.17, 15) is 0 Å². The van der Waals surface area contributed by atoms with E-state index < -0.39 is 0 Å². The quantitative estimate of drug-likeness (QED) is 0.868. The summed E-state index contributed by atoms with van der Waals surface area (Å²) in [5.41, 5.74) is 8.64. The Hall–Kier alpha value is -1.68. The van der Waals surface area contributed by atoms with E-state index in [2.05, 4.69) is 15.9 Å². The topological polar surface area (TPSA) is 44.5 Å². The standard InChI is InChI=1S/C15H16BrNO2/c1-10-3-4-15(14(16)5-10)19-9-11-6-12(17)8-13(7-11)18-2/h3-8H,9,17H2,1-2H3. The predicted molar refractivity (Wildman–Crippen MR) is 80.6 cm³/mol. The number of rotatable bonds is 4. The molecular weight excluding hydrogens is 306 g/mol. The minimum atomic E-state index is 0.447. The SMILES string of the molecule is COc1cc(N)cc(COc2ccc(C)cc2Br)c1. The van der Waals surface area contributed by atoms with Crippen molar-refractivity contribution in [1.82, 2.24) is 0 Å². The molecule has 0 atom stereocenters. The lowest BCUT2D eigenvalue weighted by Gasteiger charge is -2.10. The third-order valence-electron chi connectivity index (χ3n) is 2.71. The Morgan fingerprint density at radius 2 is 1.95 bits per heavy atom. The van der Waals surface area contributed by atoms with Crippen molar-refractivity contribution in [2.45, 2.75) is 13.5 Å². The molecule has 0 aliphatic rings. The van der Waals surface area contributed by atoms with Gasteiger partial charge in [0.2, 0.25) is 0 Å². The Morgan fingerprint density at radius 3 is 2.63 bits per heavy atom. The Bertz CT molecular complexity index is 584. The van der Waals surface area contributed by atoms with Crippen LogP contribution in [0.15, 0.2) is 40.9 Å². The predicted octanol–water partition coefficient (Wildman–Crippen LogP) is 3.93. The zero-order chi connectivity index (χ0) is 13.8. The molecule has 0 radical (unpaired) electrons. The summed E-state index contributed by atoms with van der Waals surface area (Å²) in [4.78, 5) is 0. The second-order valence-electron chi connectivity index (χ2n) is 4.34. The summed E-state index contributed by atoms with van der Waals surface area (Å²) in [6, 6.07) is 11.6. The second kappa shape index (κ2) is 5.97. The van der Waals surface area contributed by atoms with Crippen LogP contribution in [0.3, 0.4) is 0 Å². The first-order chi connectivity index (χ1) is 9.08. The molecule has 3 nitrogen and oxygen atoms in total. The van der Waals surface area contributed by atoms with Gasteiger partial charge in [-0.15, -0.1) is 0 Å². The van der Waals surface area contributed by atoms with Crippen molar-refractivity contribution in [1.29, 1.82) is 0 Å². The van der Waals surface area contributed by atoms with Crippen LogP contribution in [0, 0.1) is 6.92 Å². The van der Waals surface area contributed by atoms with Gasteiger partial charge in [-0.3, -0.25) is 0 Å². The van der Waals surface area contributed by atoms with Crippen LogP contribution in [0.4, 0.5) is 5.69 Å². The van der Waals surface area contributed by atoms with Crippen LogP contribution in [0.2, 0.25) is 0 Å². The molecule has 0 saturated heterocycles. The Morgan fingerprint density at radius 1 is 1.16 bits per heavy atom. The van der Waals surface area contributed by atoms with Gasteiger partial charge in [0.1, 0.15) is 18.1 Å². The fourth-order valence-corrected chi connectivity index (χ4v) is 2.38. The molecule has 0 unspecified atom stereocenters. The van der Waals surface area contributed by atoms with Crippen molar-refractivity contribution in [3.05, 3.63) is 52.0 Å². The fraction of sp³-hybridized carbons (Fsp3) is 0.200. The minimum Gasteiger partial charge on any atom is -0.497 e. The van der Waals surface area contributed by atoms with Gasteiger partial charge in [0.15, 0.2) is 0 Å². The van der Waals surface area contributed by atoms with E-state index in [4.69, 9.17) is 15.2 Å². The summed E-state index contributed by atoms with van der Waals surface area (Å²) in [6.45, 7) is 2.49. The third-order valence-corrected chi connectivity index (χ3v) is 3.33. The minimum absolute atomic E-state index is 0.447. The number of hydrogen-bond acceptors (Lipinski definition) is 3. The zero-order valence-corrected chi connectivity index (χ0v) is 12.5. The Balaban J connectivity index is 2.12. The van der Waals surface area contributed by atoms with Gasteiger partial charge >= 0.3 is 0 Å². The summed E-state index contributed by atoms with van der Waals surface area (Å²) in [6.07, 6.45) is 0. The number of nitrogen functional groups attached to an aromatic ring is 1. The number of ether oxygens (including phenoxy) is 2. The number of halogens is 1.